The summed E-state index contributed by atoms with van der Waals surface area (Å²) in [6, 6.07) is 8.63. The van der Waals surface area contributed by atoms with Crippen molar-refractivity contribution in [2.24, 2.45) is 0 Å². The third-order valence-corrected chi connectivity index (χ3v) is 2.68. The SMILES string of the molecule is Nc1ccccc1C1CCCCN1. The summed E-state index contributed by atoms with van der Waals surface area (Å²) >= 11 is 0. The highest BCUT2D eigenvalue weighted by atomic mass is 14.9. The molecule has 1 fully saturated rings. The zero-order valence-corrected chi connectivity index (χ0v) is 7.79. The first kappa shape index (κ1) is 8.57. The molecule has 2 rings (SSSR count). The van der Waals surface area contributed by atoms with Crippen LogP contribution in [0.15, 0.2) is 24.3 Å². The van der Waals surface area contributed by atoms with Gasteiger partial charge in [-0.3, -0.25) is 0 Å². The van der Waals surface area contributed by atoms with Crippen LogP contribution in [0.1, 0.15) is 30.9 Å². The van der Waals surface area contributed by atoms with Crippen molar-refractivity contribution < 1.29 is 0 Å². The molecule has 1 aromatic rings. The minimum absolute atomic E-state index is 0.481. The van der Waals surface area contributed by atoms with Crippen LogP contribution < -0.4 is 11.1 Å². The third-order valence-electron chi connectivity index (χ3n) is 2.68. The summed E-state index contributed by atoms with van der Waals surface area (Å²) in [7, 11) is 0. The lowest BCUT2D eigenvalue weighted by molar-refractivity contribution is 0.413. The molecule has 0 aromatic heterocycles. The Morgan fingerprint density at radius 1 is 1.23 bits per heavy atom. The number of anilines is 1. The number of piperidine rings is 1. The van der Waals surface area contributed by atoms with Crippen LogP contribution in [-0.4, -0.2) is 6.54 Å². The van der Waals surface area contributed by atoms with E-state index >= 15 is 0 Å². The van der Waals surface area contributed by atoms with E-state index in [1.807, 2.05) is 12.1 Å². The average Bonchev–Trinajstić information content (AvgIpc) is 2.20. The quantitative estimate of drug-likeness (QED) is 0.643. The Labute approximate surface area is 79.1 Å². The molecule has 1 aliphatic heterocycles. The Hall–Kier alpha value is -1.02. The van der Waals surface area contributed by atoms with Crippen LogP contribution in [0, 0.1) is 0 Å². The van der Waals surface area contributed by atoms with Gasteiger partial charge in [-0.25, -0.2) is 0 Å². The van der Waals surface area contributed by atoms with Crippen molar-refractivity contribution in [2.75, 3.05) is 12.3 Å². The molecule has 70 valence electrons. The molecule has 1 unspecified atom stereocenters. The summed E-state index contributed by atoms with van der Waals surface area (Å²) < 4.78 is 0. The zero-order valence-electron chi connectivity index (χ0n) is 7.79. The van der Waals surface area contributed by atoms with Crippen LogP contribution in [-0.2, 0) is 0 Å². The molecule has 0 amide bonds. The van der Waals surface area contributed by atoms with Crippen LogP contribution in [0.2, 0.25) is 0 Å². The van der Waals surface area contributed by atoms with Crippen LogP contribution >= 0.6 is 0 Å². The maximum atomic E-state index is 5.91. The summed E-state index contributed by atoms with van der Waals surface area (Å²) in [5.41, 5.74) is 8.10. The van der Waals surface area contributed by atoms with E-state index in [1.54, 1.807) is 0 Å². The Kier molecular flexibility index (Phi) is 2.50. The van der Waals surface area contributed by atoms with Gasteiger partial charge in [-0.2, -0.15) is 0 Å². The Morgan fingerprint density at radius 3 is 2.77 bits per heavy atom. The molecular weight excluding hydrogens is 160 g/mol. The van der Waals surface area contributed by atoms with Gasteiger partial charge in [-0.1, -0.05) is 24.6 Å². The summed E-state index contributed by atoms with van der Waals surface area (Å²) in [6.45, 7) is 1.12. The number of rotatable bonds is 1. The lowest BCUT2D eigenvalue weighted by atomic mass is 9.96. The first-order valence-electron chi connectivity index (χ1n) is 4.96. The van der Waals surface area contributed by atoms with Gasteiger partial charge in [-0.05, 0) is 31.0 Å². The molecule has 0 bridgehead atoms. The maximum absolute atomic E-state index is 5.91. The number of nitrogens with one attached hydrogen (secondary N) is 1. The average molecular weight is 176 g/mol. The van der Waals surface area contributed by atoms with E-state index in [4.69, 9.17) is 5.73 Å². The smallest absolute Gasteiger partial charge is 0.0362 e. The molecule has 1 saturated heterocycles. The normalized spacial score (nSPS) is 22.9. The van der Waals surface area contributed by atoms with Crippen LogP contribution in [0.5, 0.6) is 0 Å². The van der Waals surface area contributed by atoms with Gasteiger partial charge in [0.05, 0.1) is 0 Å². The largest absolute Gasteiger partial charge is 0.398 e. The van der Waals surface area contributed by atoms with Crippen molar-refractivity contribution in [2.45, 2.75) is 25.3 Å². The number of hydrogen-bond acceptors (Lipinski definition) is 2. The molecule has 0 spiro atoms. The summed E-state index contributed by atoms with van der Waals surface area (Å²) in [4.78, 5) is 0. The Bertz CT molecular complexity index is 277. The highest BCUT2D eigenvalue weighted by molar-refractivity contribution is 5.48. The molecule has 3 N–H and O–H groups in total. The van der Waals surface area contributed by atoms with Crippen LogP contribution in [0.25, 0.3) is 0 Å². The fourth-order valence-electron chi connectivity index (χ4n) is 1.95. The Morgan fingerprint density at radius 2 is 2.08 bits per heavy atom. The van der Waals surface area contributed by atoms with Gasteiger partial charge in [0.1, 0.15) is 0 Å². The minimum atomic E-state index is 0.481. The molecule has 2 nitrogen and oxygen atoms in total. The predicted octanol–water partition coefficient (Wildman–Crippen LogP) is 2.08. The van der Waals surface area contributed by atoms with E-state index in [9.17, 15) is 0 Å². The summed E-state index contributed by atoms with van der Waals surface area (Å²) in [6.07, 6.45) is 3.82. The second-order valence-corrected chi connectivity index (χ2v) is 3.63. The fourth-order valence-corrected chi connectivity index (χ4v) is 1.95. The van der Waals surface area contributed by atoms with E-state index in [2.05, 4.69) is 17.4 Å². The van der Waals surface area contributed by atoms with E-state index in [0.29, 0.717) is 6.04 Å². The van der Waals surface area contributed by atoms with Crippen LogP contribution in [0.3, 0.4) is 0 Å². The van der Waals surface area contributed by atoms with E-state index in [-0.39, 0.29) is 0 Å². The first-order valence-corrected chi connectivity index (χ1v) is 4.96. The second-order valence-electron chi connectivity index (χ2n) is 3.63. The zero-order chi connectivity index (χ0) is 9.10. The molecule has 0 saturated carbocycles. The van der Waals surface area contributed by atoms with E-state index < -0.39 is 0 Å². The molecule has 1 atom stereocenters. The number of para-hydroxylation sites is 1. The number of nitrogens with two attached hydrogens (primary N) is 1. The molecular formula is C11H16N2. The standard InChI is InChI=1S/C11H16N2/c12-10-6-2-1-5-9(10)11-7-3-4-8-13-11/h1-2,5-6,11,13H,3-4,7-8,12H2. The minimum Gasteiger partial charge on any atom is -0.398 e. The van der Waals surface area contributed by atoms with E-state index in [0.717, 1.165) is 12.2 Å². The summed E-state index contributed by atoms with van der Waals surface area (Å²) in [5, 5.41) is 3.50. The van der Waals surface area contributed by atoms with Crippen molar-refractivity contribution >= 4 is 5.69 Å². The van der Waals surface area contributed by atoms with Crippen molar-refractivity contribution in [1.29, 1.82) is 0 Å². The molecule has 0 aliphatic carbocycles. The number of hydrogen-bond donors (Lipinski definition) is 2. The molecule has 13 heavy (non-hydrogen) atoms. The van der Waals surface area contributed by atoms with Gasteiger partial charge < -0.3 is 11.1 Å². The van der Waals surface area contributed by atoms with Gasteiger partial charge in [-0.15, -0.1) is 0 Å². The third kappa shape index (κ3) is 1.83. The van der Waals surface area contributed by atoms with E-state index in [1.165, 1.54) is 24.8 Å². The lowest BCUT2D eigenvalue weighted by Gasteiger charge is -2.24. The van der Waals surface area contributed by atoms with Gasteiger partial charge in [0.15, 0.2) is 0 Å². The van der Waals surface area contributed by atoms with Crippen molar-refractivity contribution in [3.63, 3.8) is 0 Å². The monoisotopic (exact) mass is 176 g/mol. The number of benzene rings is 1. The van der Waals surface area contributed by atoms with Gasteiger partial charge in [0.25, 0.3) is 0 Å². The highest BCUT2D eigenvalue weighted by Crippen LogP contribution is 2.26. The fraction of sp³-hybridized carbons (Fsp3) is 0.455. The van der Waals surface area contributed by atoms with Gasteiger partial charge >= 0.3 is 0 Å². The second kappa shape index (κ2) is 3.79. The van der Waals surface area contributed by atoms with Crippen LogP contribution in [0.4, 0.5) is 5.69 Å². The van der Waals surface area contributed by atoms with Gasteiger partial charge in [0, 0.05) is 11.7 Å². The molecule has 0 radical (unpaired) electrons. The Balaban J connectivity index is 2.18. The van der Waals surface area contributed by atoms with Crippen molar-refractivity contribution in [3.8, 4) is 0 Å². The predicted molar refractivity (Wildman–Crippen MR) is 55.4 cm³/mol. The van der Waals surface area contributed by atoms with Crippen molar-refractivity contribution in [3.05, 3.63) is 29.8 Å². The van der Waals surface area contributed by atoms with Gasteiger partial charge in [0.2, 0.25) is 0 Å². The maximum Gasteiger partial charge on any atom is 0.0362 e. The molecule has 1 aromatic carbocycles. The van der Waals surface area contributed by atoms with Crippen molar-refractivity contribution in [1.82, 2.24) is 5.32 Å². The summed E-state index contributed by atoms with van der Waals surface area (Å²) in [5.74, 6) is 0. The topological polar surface area (TPSA) is 38.0 Å². The first-order chi connectivity index (χ1) is 6.38. The molecule has 1 aliphatic rings. The number of nitrogen functional groups attached to an aromatic ring is 1. The molecule has 2 heteroatoms. The lowest BCUT2D eigenvalue weighted by Crippen LogP contribution is -2.27. The molecule has 1 heterocycles. The highest BCUT2D eigenvalue weighted by Gasteiger charge is 2.15.